The van der Waals surface area contributed by atoms with Crippen LogP contribution in [0.15, 0.2) is 12.1 Å². The summed E-state index contributed by atoms with van der Waals surface area (Å²) in [6, 6.07) is 3.80. The molecule has 0 spiro atoms. The van der Waals surface area contributed by atoms with Gasteiger partial charge >= 0.3 is 0 Å². The SMILES string of the molecule is CN(CCCS(=O)(=O)O)C(=O)c1cc(I)cc(I)c1I. The number of rotatable bonds is 5. The van der Waals surface area contributed by atoms with Crippen LogP contribution in [-0.4, -0.2) is 43.1 Å². The zero-order chi connectivity index (χ0) is 15.5. The molecule has 0 heterocycles. The third kappa shape index (κ3) is 5.88. The van der Waals surface area contributed by atoms with E-state index in [-0.39, 0.29) is 24.6 Å². The van der Waals surface area contributed by atoms with E-state index >= 15 is 0 Å². The van der Waals surface area contributed by atoms with E-state index in [9.17, 15) is 13.2 Å². The van der Waals surface area contributed by atoms with Crippen LogP contribution in [-0.2, 0) is 10.1 Å². The lowest BCUT2D eigenvalue weighted by molar-refractivity contribution is 0.0794. The number of amides is 1. The highest BCUT2D eigenvalue weighted by Gasteiger charge is 2.17. The summed E-state index contributed by atoms with van der Waals surface area (Å²) >= 11 is 6.46. The molecule has 0 radical (unpaired) electrons. The summed E-state index contributed by atoms with van der Waals surface area (Å²) in [7, 11) is -2.35. The molecule has 0 saturated heterocycles. The molecule has 5 nitrogen and oxygen atoms in total. The quantitative estimate of drug-likeness (QED) is 0.307. The first kappa shape index (κ1) is 18.8. The Labute approximate surface area is 159 Å². The van der Waals surface area contributed by atoms with E-state index in [2.05, 4.69) is 67.8 Å². The maximum Gasteiger partial charge on any atom is 0.264 e. The standard InChI is InChI=1S/C11H12I3NO4S/c1-15(3-2-4-20(17,18)19)11(16)8-5-7(12)6-9(13)10(8)14/h5-6H,2-4H2,1H3,(H,17,18,19). The number of carbonyl (C=O) groups excluding carboxylic acids is 1. The molecule has 0 fully saturated rings. The normalized spacial score (nSPS) is 11.4. The molecule has 9 heteroatoms. The van der Waals surface area contributed by atoms with Crippen LogP contribution in [0.1, 0.15) is 16.8 Å². The van der Waals surface area contributed by atoms with Gasteiger partial charge in [0.25, 0.3) is 16.0 Å². The molecule has 1 N–H and O–H groups in total. The van der Waals surface area contributed by atoms with Crippen molar-refractivity contribution < 1.29 is 17.8 Å². The second-order valence-corrected chi connectivity index (χ2v) is 9.17. The Morgan fingerprint density at radius 1 is 1.30 bits per heavy atom. The van der Waals surface area contributed by atoms with Gasteiger partial charge in [-0.15, -0.1) is 0 Å². The lowest BCUT2D eigenvalue weighted by atomic mass is 10.2. The summed E-state index contributed by atoms with van der Waals surface area (Å²) < 4.78 is 32.8. The van der Waals surface area contributed by atoms with E-state index in [4.69, 9.17) is 4.55 Å². The van der Waals surface area contributed by atoms with Gasteiger partial charge in [0.05, 0.1) is 11.3 Å². The van der Waals surface area contributed by atoms with Crippen LogP contribution in [0, 0.1) is 10.7 Å². The second-order valence-electron chi connectivity index (χ2n) is 4.12. The number of hydrogen-bond donors (Lipinski definition) is 1. The van der Waals surface area contributed by atoms with Gasteiger partial charge in [-0.05, 0) is 86.3 Å². The van der Waals surface area contributed by atoms with Crippen molar-refractivity contribution in [2.75, 3.05) is 19.3 Å². The van der Waals surface area contributed by atoms with Crippen LogP contribution < -0.4 is 0 Å². The lowest BCUT2D eigenvalue weighted by Crippen LogP contribution is -2.29. The molecule has 112 valence electrons. The average Bonchev–Trinajstić information content (AvgIpc) is 2.31. The highest BCUT2D eigenvalue weighted by Crippen LogP contribution is 2.23. The molecule has 0 aliphatic rings. The topological polar surface area (TPSA) is 74.7 Å². The van der Waals surface area contributed by atoms with Gasteiger partial charge in [-0.1, -0.05) is 0 Å². The van der Waals surface area contributed by atoms with Crippen molar-refractivity contribution in [3.05, 3.63) is 28.4 Å². The molecular weight excluding hydrogens is 623 g/mol. The van der Waals surface area contributed by atoms with E-state index < -0.39 is 10.1 Å². The third-order valence-corrected chi connectivity index (χ3v) is 6.94. The van der Waals surface area contributed by atoms with Crippen molar-refractivity contribution in [3.63, 3.8) is 0 Å². The summed E-state index contributed by atoms with van der Waals surface area (Å²) in [5, 5.41) is 0. The first-order chi connectivity index (χ1) is 9.11. The van der Waals surface area contributed by atoms with E-state index in [1.165, 1.54) is 4.90 Å². The molecule has 0 aliphatic carbocycles. The van der Waals surface area contributed by atoms with E-state index in [0.29, 0.717) is 5.56 Å². The Balaban J connectivity index is 2.80. The zero-order valence-corrected chi connectivity index (χ0v) is 17.7. The highest BCUT2D eigenvalue weighted by molar-refractivity contribution is 14.1. The number of benzene rings is 1. The minimum Gasteiger partial charge on any atom is -0.342 e. The number of nitrogens with zero attached hydrogens (tertiary/aromatic N) is 1. The Bertz CT molecular complexity index is 618. The van der Waals surface area contributed by atoms with Crippen LogP contribution in [0.2, 0.25) is 0 Å². The Morgan fingerprint density at radius 3 is 2.45 bits per heavy atom. The number of hydrogen-bond acceptors (Lipinski definition) is 3. The fraction of sp³-hybridized carbons (Fsp3) is 0.364. The molecule has 0 bridgehead atoms. The van der Waals surface area contributed by atoms with Crippen molar-refractivity contribution in [1.29, 1.82) is 0 Å². The van der Waals surface area contributed by atoms with Gasteiger partial charge in [0, 0.05) is 24.3 Å². The molecule has 1 aromatic rings. The van der Waals surface area contributed by atoms with Gasteiger partial charge in [-0.2, -0.15) is 8.42 Å². The maximum atomic E-state index is 12.3. The monoisotopic (exact) mass is 635 g/mol. The van der Waals surface area contributed by atoms with Gasteiger partial charge in [0.2, 0.25) is 0 Å². The zero-order valence-electron chi connectivity index (χ0n) is 10.4. The summed E-state index contributed by atoms with van der Waals surface area (Å²) in [6.07, 6.45) is 0.207. The van der Waals surface area contributed by atoms with Gasteiger partial charge in [0.1, 0.15) is 0 Å². The average molecular weight is 635 g/mol. The van der Waals surface area contributed by atoms with Crippen LogP contribution in [0.3, 0.4) is 0 Å². The minimum atomic E-state index is -3.97. The first-order valence-corrected chi connectivity index (χ1v) is 10.3. The summed E-state index contributed by atoms with van der Waals surface area (Å²) in [5.74, 6) is -0.493. The molecule has 1 amide bonds. The van der Waals surface area contributed by atoms with Crippen molar-refractivity contribution in [1.82, 2.24) is 4.90 Å². The molecule has 0 aromatic heterocycles. The highest BCUT2D eigenvalue weighted by atomic mass is 127. The predicted molar refractivity (Wildman–Crippen MR) is 103 cm³/mol. The van der Waals surface area contributed by atoms with Crippen LogP contribution >= 0.6 is 67.8 Å². The molecule has 0 saturated carbocycles. The Kier molecular flexibility index (Phi) is 7.42. The fourth-order valence-electron chi connectivity index (χ4n) is 1.50. The van der Waals surface area contributed by atoms with Crippen molar-refractivity contribution in [3.8, 4) is 0 Å². The molecule has 1 rings (SSSR count). The second kappa shape index (κ2) is 7.87. The van der Waals surface area contributed by atoms with E-state index in [0.717, 1.165) is 10.7 Å². The van der Waals surface area contributed by atoms with Gasteiger partial charge < -0.3 is 4.90 Å². The molecule has 20 heavy (non-hydrogen) atoms. The molecule has 0 aliphatic heterocycles. The summed E-state index contributed by atoms with van der Waals surface area (Å²) in [4.78, 5) is 13.8. The van der Waals surface area contributed by atoms with Crippen LogP contribution in [0.4, 0.5) is 0 Å². The third-order valence-electron chi connectivity index (χ3n) is 2.47. The van der Waals surface area contributed by atoms with Crippen molar-refractivity contribution in [2.45, 2.75) is 6.42 Å². The van der Waals surface area contributed by atoms with Crippen molar-refractivity contribution in [2.24, 2.45) is 0 Å². The van der Waals surface area contributed by atoms with E-state index in [1.54, 1.807) is 7.05 Å². The summed E-state index contributed by atoms with van der Waals surface area (Å²) in [6.45, 7) is 0.275. The predicted octanol–water partition coefficient (Wildman–Crippen LogP) is 2.85. The Hall–Kier alpha value is 0.790. The number of halogens is 3. The minimum absolute atomic E-state index is 0.152. The molecule has 0 atom stereocenters. The van der Waals surface area contributed by atoms with E-state index in [1.807, 2.05) is 12.1 Å². The van der Waals surface area contributed by atoms with Crippen molar-refractivity contribution >= 4 is 83.8 Å². The fourth-order valence-corrected chi connectivity index (χ4v) is 4.38. The smallest absolute Gasteiger partial charge is 0.264 e. The van der Waals surface area contributed by atoms with Gasteiger partial charge in [-0.3, -0.25) is 9.35 Å². The van der Waals surface area contributed by atoms with Gasteiger partial charge in [0.15, 0.2) is 0 Å². The largest absolute Gasteiger partial charge is 0.342 e. The lowest BCUT2D eigenvalue weighted by Gasteiger charge is -2.18. The molecule has 0 unspecified atom stereocenters. The number of carbonyl (C=O) groups is 1. The van der Waals surface area contributed by atoms with Crippen LogP contribution in [0.25, 0.3) is 0 Å². The molecular formula is C11H12I3NO4S. The first-order valence-electron chi connectivity index (χ1n) is 5.47. The van der Waals surface area contributed by atoms with Crippen LogP contribution in [0.5, 0.6) is 0 Å². The van der Waals surface area contributed by atoms with Gasteiger partial charge in [-0.25, -0.2) is 0 Å². The Morgan fingerprint density at radius 2 is 1.90 bits per heavy atom. The maximum absolute atomic E-state index is 12.3. The summed E-state index contributed by atoms with van der Waals surface area (Å²) in [5.41, 5.74) is 0.608. The molecule has 1 aromatic carbocycles.